The predicted octanol–water partition coefficient (Wildman–Crippen LogP) is 1.15. The second kappa shape index (κ2) is 7.77. The van der Waals surface area contributed by atoms with E-state index in [1.54, 1.807) is 17.7 Å². The molecule has 0 aliphatic heterocycles. The average Bonchev–Trinajstić information content (AvgIpc) is 3.00. The fourth-order valence-corrected chi connectivity index (χ4v) is 3.21. The molecule has 1 heterocycles. The lowest BCUT2D eigenvalue weighted by molar-refractivity contribution is -0.123. The highest BCUT2D eigenvalue weighted by atomic mass is 19.1. The van der Waals surface area contributed by atoms with Crippen molar-refractivity contribution in [2.24, 2.45) is 5.92 Å². The third-order valence-electron chi connectivity index (χ3n) is 4.73. The van der Waals surface area contributed by atoms with E-state index in [4.69, 9.17) is 4.74 Å². The van der Waals surface area contributed by atoms with E-state index >= 15 is 0 Å². The van der Waals surface area contributed by atoms with Crippen LogP contribution in [-0.2, 0) is 11.3 Å². The van der Waals surface area contributed by atoms with E-state index in [0.717, 1.165) is 0 Å². The summed E-state index contributed by atoms with van der Waals surface area (Å²) in [7, 11) is 1.51. The number of tetrazole rings is 1. The maximum atomic E-state index is 13.8. The largest absolute Gasteiger partial charge is 0.496 e. The fraction of sp³-hybridized carbons (Fsp3) is 0.529. The van der Waals surface area contributed by atoms with Crippen molar-refractivity contribution >= 4 is 5.91 Å². The van der Waals surface area contributed by atoms with Gasteiger partial charge in [-0.1, -0.05) is 0 Å². The van der Waals surface area contributed by atoms with Gasteiger partial charge in [0.25, 0.3) is 0 Å². The molecule has 2 N–H and O–H groups in total. The fourth-order valence-electron chi connectivity index (χ4n) is 3.21. The zero-order valence-electron chi connectivity index (χ0n) is 14.7. The molecule has 1 saturated carbocycles. The number of aryl methyl sites for hydroxylation is 2. The normalized spacial score (nSPS) is 20.3. The first kappa shape index (κ1) is 18.2. The van der Waals surface area contributed by atoms with Crippen LogP contribution in [0.15, 0.2) is 18.2 Å². The molecule has 0 unspecified atom stereocenters. The Morgan fingerprint density at radius 1 is 1.50 bits per heavy atom. The summed E-state index contributed by atoms with van der Waals surface area (Å²) in [4.78, 5) is 12.5. The number of hydrogen-bond acceptors (Lipinski definition) is 6. The van der Waals surface area contributed by atoms with Crippen molar-refractivity contribution in [2.45, 2.75) is 44.9 Å². The van der Waals surface area contributed by atoms with Crippen molar-refractivity contribution in [3.63, 3.8) is 0 Å². The molecule has 1 fully saturated rings. The SMILES string of the molecule is COc1ccc(F)cc1[C@H](NC(=O)CCn1nnnc1C)C1CC(O)C1. The first-order valence-corrected chi connectivity index (χ1v) is 8.51. The summed E-state index contributed by atoms with van der Waals surface area (Å²) in [6, 6.07) is 3.81. The quantitative estimate of drug-likeness (QED) is 0.765. The number of carbonyl (C=O) groups excluding carboxylic acids is 1. The number of aliphatic hydroxyl groups is 1. The molecular weight excluding hydrogens is 341 g/mol. The second-order valence-corrected chi connectivity index (χ2v) is 6.52. The van der Waals surface area contributed by atoms with E-state index in [0.29, 0.717) is 36.5 Å². The van der Waals surface area contributed by atoms with Crippen LogP contribution in [0.3, 0.4) is 0 Å². The molecule has 26 heavy (non-hydrogen) atoms. The molecule has 0 bridgehead atoms. The van der Waals surface area contributed by atoms with Gasteiger partial charge in [0.2, 0.25) is 5.91 Å². The summed E-state index contributed by atoms with van der Waals surface area (Å²) in [5, 5.41) is 23.7. The van der Waals surface area contributed by atoms with Gasteiger partial charge >= 0.3 is 0 Å². The molecule has 1 amide bonds. The standard InChI is InChI=1S/C17H22FN5O3/c1-10-20-21-22-23(10)6-5-16(25)19-17(11-7-13(24)8-11)14-9-12(18)3-4-15(14)26-2/h3-4,9,11,13,17,24H,5-8H2,1-2H3,(H,19,25)/t11?,13?,17-/m1/s1. The Hall–Kier alpha value is -2.55. The summed E-state index contributed by atoms with van der Waals surface area (Å²) in [6.07, 6.45) is 0.908. The van der Waals surface area contributed by atoms with Gasteiger partial charge < -0.3 is 15.2 Å². The summed E-state index contributed by atoms with van der Waals surface area (Å²) >= 11 is 0. The predicted molar refractivity (Wildman–Crippen MR) is 89.7 cm³/mol. The minimum Gasteiger partial charge on any atom is -0.496 e. The number of aliphatic hydroxyl groups excluding tert-OH is 1. The van der Waals surface area contributed by atoms with E-state index < -0.39 is 11.9 Å². The summed E-state index contributed by atoms with van der Waals surface area (Å²) < 4.78 is 20.7. The van der Waals surface area contributed by atoms with Gasteiger partial charge in [-0.15, -0.1) is 5.10 Å². The van der Waals surface area contributed by atoms with Crippen LogP contribution in [0.25, 0.3) is 0 Å². The minimum absolute atomic E-state index is 0.0272. The number of hydrogen-bond donors (Lipinski definition) is 2. The van der Waals surface area contributed by atoms with Crippen LogP contribution in [0.2, 0.25) is 0 Å². The van der Waals surface area contributed by atoms with E-state index in [2.05, 4.69) is 20.8 Å². The smallest absolute Gasteiger partial charge is 0.222 e. The summed E-state index contributed by atoms with van der Waals surface area (Å²) in [5.41, 5.74) is 0.580. The molecule has 1 aromatic heterocycles. The van der Waals surface area contributed by atoms with Gasteiger partial charge in [-0.05, 0) is 54.3 Å². The lowest BCUT2D eigenvalue weighted by atomic mass is 9.74. The Labute approximate surface area is 150 Å². The van der Waals surface area contributed by atoms with Crippen molar-refractivity contribution < 1.29 is 19.0 Å². The van der Waals surface area contributed by atoms with Crippen molar-refractivity contribution in [2.75, 3.05) is 7.11 Å². The van der Waals surface area contributed by atoms with Gasteiger partial charge in [-0.2, -0.15) is 0 Å². The minimum atomic E-state index is -0.425. The van der Waals surface area contributed by atoms with Crippen LogP contribution in [0, 0.1) is 18.7 Å². The Kier molecular flexibility index (Phi) is 5.46. The monoisotopic (exact) mass is 363 g/mol. The van der Waals surface area contributed by atoms with Crippen LogP contribution >= 0.6 is 0 Å². The van der Waals surface area contributed by atoms with Crippen LogP contribution in [-0.4, -0.2) is 44.4 Å². The molecule has 140 valence electrons. The van der Waals surface area contributed by atoms with Gasteiger partial charge in [0.1, 0.15) is 17.4 Å². The molecule has 9 heteroatoms. The number of ether oxygens (including phenoxy) is 1. The van der Waals surface area contributed by atoms with Gasteiger partial charge in [-0.25, -0.2) is 9.07 Å². The van der Waals surface area contributed by atoms with Gasteiger partial charge in [-0.3, -0.25) is 4.79 Å². The maximum Gasteiger partial charge on any atom is 0.222 e. The molecule has 0 saturated heterocycles. The zero-order chi connectivity index (χ0) is 18.7. The molecule has 1 atom stereocenters. The molecule has 2 aromatic rings. The van der Waals surface area contributed by atoms with Crippen molar-refractivity contribution in [1.82, 2.24) is 25.5 Å². The molecule has 3 rings (SSSR count). The maximum absolute atomic E-state index is 13.8. The van der Waals surface area contributed by atoms with Crippen LogP contribution < -0.4 is 10.1 Å². The highest BCUT2D eigenvalue weighted by Gasteiger charge is 2.37. The van der Waals surface area contributed by atoms with Crippen molar-refractivity contribution in [1.29, 1.82) is 0 Å². The third kappa shape index (κ3) is 3.98. The third-order valence-corrected chi connectivity index (χ3v) is 4.73. The topological polar surface area (TPSA) is 102 Å². The van der Waals surface area contributed by atoms with Crippen molar-refractivity contribution in [3.05, 3.63) is 35.4 Å². The van der Waals surface area contributed by atoms with Crippen molar-refractivity contribution in [3.8, 4) is 5.75 Å². The number of nitrogens with zero attached hydrogens (tertiary/aromatic N) is 4. The number of rotatable bonds is 7. The summed E-state index contributed by atoms with van der Waals surface area (Å²) in [6.45, 7) is 2.11. The van der Waals surface area contributed by atoms with Gasteiger partial charge in [0, 0.05) is 12.0 Å². The number of nitrogens with one attached hydrogen (secondary N) is 1. The Bertz CT molecular complexity index is 776. The molecular formula is C17H22FN5O3. The van der Waals surface area contributed by atoms with E-state index in [-0.39, 0.29) is 24.3 Å². The lowest BCUT2D eigenvalue weighted by Crippen LogP contribution is -2.41. The molecule has 1 aliphatic carbocycles. The Balaban J connectivity index is 1.73. The number of halogens is 1. The van der Waals surface area contributed by atoms with Crippen LogP contribution in [0.1, 0.15) is 36.7 Å². The number of aromatic nitrogens is 4. The van der Waals surface area contributed by atoms with E-state index in [1.807, 2.05) is 0 Å². The molecule has 8 nitrogen and oxygen atoms in total. The van der Waals surface area contributed by atoms with E-state index in [1.165, 1.54) is 19.2 Å². The molecule has 0 spiro atoms. The highest BCUT2D eigenvalue weighted by Crippen LogP contribution is 2.41. The Morgan fingerprint density at radius 2 is 2.27 bits per heavy atom. The first-order chi connectivity index (χ1) is 12.5. The number of methoxy groups -OCH3 is 1. The van der Waals surface area contributed by atoms with E-state index in [9.17, 15) is 14.3 Å². The average molecular weight is 363 g/mol. The van der Waals surface area contributed by atoms with Crippen LogP contribution in [0.4, 0.5) is 4.39 Å². The highest BCUT2D eigenvalue weighted by molar-refractivity contribution is 5.76. The Morgan fingerprint density at radius 3 is 2.88 bits per heavy atom. The zero-order valence-corrected chi connectivity index (χ0v) is 14.7. The van der Waals surface area contributed by atoms with Gasteiger partial charge in [0.15, 0.2) is 0 Å². The lowest BCUT2D eigenvalue weighted by Gasteiger charge is -2.38. The number of amides is 1. The van der Waals surface area contributed by atoms with Crippen LogP contribution in [0.5, 0.6) is 5.75 Å². The molecule has 0 radical (unpaired) electrons. The first-order valence-electron chi connectivity index (χ1n) is 8.51. The molecule has 1 aromatic carbocycles. The summed E-state index contributed by atoms with van der Waals surface area (Å²) in [5.74, 6) is 0.568. The number of carbonyl (C=O) groups is 1. The van der Waals surface area contributed by atoms with Gasteiger partial charge in [0.05, 0.1) is 25.8 Å². The number of benzene rings is 1. The molecule has 1 aliphatic rings. The second-order valence-electron chi connectivity index (χ2n) is 6.52.